The number of nitrogens with zero attached hydrogens (tertiary/aromatic N) is 4. The number of nitrogens with one attached hydrogen (secondary N) is 1. The molecule has 8 heteroatoms. The van der Waals surface area contributed by atoms with Crippen molar-refractivity contribution in [2.24, 2.45) is 0 Å². The molecule has 2 heterocycles. The van der Waals surface area contributed by atoms with Crippen LogP contribution in [0.25, 0.3) is 10.6 Å². The zero-order chi connectivity index (χ0) is 18.0. The number of nitro groups is 1. The van der Waals surface area contributed by atoms with Crippen LogP contribution in [0.5, 0.6) is 0 Å². The number of rotatable bonds is 5. The van der Waals surface area contributed by atoms with E-state index in [1.165, 1.54) is 12.1 Å². The van der Waals surface area contributed by atoms with Gasteiger partial charge in [0.2, 0.25) is 5.95 Å². The molecule has 3 rings (SSSR count). The molecule has 0 bridgehead atoms. The molecule has 0 unspecified atom stereocenters. The molecule has 0 radical (unpaired) electrons. The van der Waals surface area contributed by atoms with Crippen molar-refractivity contribution in [3.05, 3.63) is 57.3 Å². The maximum absolute atomic E-state index is 10.9. The van der Waals surface area contributed by atoms with Crippen molar-refractivity contribution in [1.29, 1.82) is 0 Å². The molecule has 7 nitrogen and oxygen atoms in total. The van der Waals surface area contributed by atoms with Crippen LogP contribution in [-0.2, 0) is 0 Å². The molecule has 3 aromatic rings. The van der Waals surface area contributed by atoms with Crippen LogP contribution < -0.4 is 5.32 Å². The standard InChI is InChI=1S/C17H17N5O2S/c1-10(2)16-19-11(3)15(25-16)14-7-8-18-17(21-14)20-12-5-4-6-13(9-12)22(23)24/h4-10H,1-3H3,(H,18,20,21). The number of benzene rings is 1. The van der Waals surface area contributed by atoms with Crippen LogP contribution in [0.2, 0.25) is 0 Å². The Kier molecular flexibility index (Phi) is 4.71. The summed E-state index contributed by atoms with van der Waals surface area (Å²) in [4.78, 5) is 24.8. The van der Waals surface area contributed by atoms with Crippen LogP contribution >= 0.6 is 11.3 Å². The molecule has 128 valence electrons. The van der Waals surface area contributed by atoms with E-state index in [1.54, 1.807) is 29.7 Å². The number of nitro benzene ring substituents is 1. The molecule has 0 saturated carbocycles. The highest BCUT2D eigenvalue weighted by Gasteiger charge is 2.14. The Bertz CT molecular complexity index is 923. The molecule has 0 amide bonds. The molecule has 0 aliphatic heterocycles. The van der Waals surface area contributed by atoms with E-state index in [4.69, 9.17) is 0 Å². The zero-order valence-electron chi connectivity index (χ0n) is 14.1. The van der Waals surface area contributed by atoms with Crippen molar-refractivity contribution < 1.29 is 4.92 Å². The first-order valence-electron chi connectivity index (χ1n) is 7.76. The lowest BCUT2D eigenvalue weighted by molar-refractivity contribution is -0.384. The highest BCUT2D eigenvalue weighted by atomic mass is 32.1. The van der Waals surface area contributed by atoms with Gasteiger partial charge in [0, 0.05) is 29.9 Å². The van der Waals surface area contributed by atoms with E-state index in [1.807, 2.05) is 13.0 Å². The number of hydrogen-bond acceptors (Lipinski definition) is 7. The van der Waals surface area contributed by atoms with Crippen molar-refractivity contribution in [3.63, 3.8) is 0 Å². The van der Waals surface area contributed by atoms with Gasteiger partial charge in [-0.1, -0.05) is 19.9 Å². The summed E-state index contributed by atoms with van der Waals surface area (Å²) in [5, 5.41) is 15.0. The van der Waals surface area contributed by atoms with E-state index < -0.39 is 4.92 Å². The van der Waals surface area contributed by atoms with Crippen molar-refractivity contribution in [2.45, 2.75) is 26.7 Å². The van der Waals surface area contributed by atoms with E-state index in [0.29, 0.717) is 17.6 Å². The topological polar surface area (TPSA) is 93.8 Å². The number of non-ortho nitro benzene ring substituents is 1. The number of thiazole rings is 1. The Hall–Kier alpha value is -2.87. The normalized spacial score (nSPS) is 10.9. The smallest absolute Gasteiger partial charge is 0.271 e. The van der Waals surface area contributed by atoms with E-state index in [9.17, 15) is 10.1 Å². The van der Waals surface area contributed by atoms with Crippen LogP contribution in [0.1, 0.15) is 30.5 Å². The SMILES string of the molecule is Cc1nc(C(C)C)sc1-c1ccnc(Nc2cccc([N+](=O)[O-])c2)n1. The zero-order valence-corrected chi connectivity index (χ0v) is 14.9. The van der Waals surface area contributed by atoms with Gasteiger partial charge in [-0.25, -0.2) is 15.0 Å². The lowest BCUT2D eigenvalue weighted by atomic mass is 10.2. The number of anilines is 2. The molecule has 1 N–H and O–H groups in total. The Morgan fingerprint density at radius 1 is 1.24 bits per heavy atom. The third-order valence-corrected chi connectivity index (χ3v) is 4.99. The van der Waals surface area contributed by atoms with Crippen LogP contribution in [-0.4, -0.2) is 19.9 Å². The maximum atomic E-state index is 10.9. The van der Waals surface area contributed by atoms with Gasteiger partial charge in [0.15, 0.2) is 0 Å². The second-order valence-electron chi connectivity index (χ2n) is 5.82. The lowest BCUT2D eigenvalue weighted by Gasteiger charge is -2.06. The molecule has 0 aliphatic carbocycles. The first kappa shape index (κ1) is 17.0. The van der Waals surface area contributed by atoms with E-state index >= 15 is 0 Å². The fraction of sp³-hybridized carbons (Fsp3) is 0.235. The van der Waals surface area contributed by atoms with Crippen LogP contribution in [0, 0.1) is 17.0 Å². The molecular weight excluding hydrogens is 338 g/mol. The van der Waals surface area contributed by atoms with E-state index in [2.05, 4.69) is 34.1 Å². The van der Waals surface area contributed by atoms with Gasteiger partial charge in [-0.2, -0.15) is 0 Å². The second kappa shape index (κ2) is 6.94. The minimum absolute atomic E-state index is 0.0148. The van der Waals surface area contributed by atoms with Gasteiger partial charge in [0.05, 0.1) is 26.2 Å². The summed E-state index contributed by atoms with van der Waals surface area (Å²) in [6.07, 6.45) is 1.66. The van der Waals surface area contributed by atoms with Gasteiger partial charge in [0.25, 0.3) is 5.69 Å². The molecule has 0 fully saturated rings. The lowest BCUT2D eigenvalue weighted by Crippen LogP contribution is -1.98. The molecule has 1 aromatic carbocycles. The number of aromatic nitrogens is 3. The molecule has 25 heavy (non-hydrogen) atoms. The summed E-state index contributed by atoms with van der Waals surface area (Å²) < 4.78 is 0. The predicted octanol–water partition coefficient (Wildman–Crippen LogP) is 4.68. The van der Waals surface area contributed by atoms with Crippen molar-refractivity contribution in [2.75, 3.05) is 5.32 Å². The molecule has 0 saturated heterocycles. The number of hydrogen-bond donors (Lipinski definition) is 1. The Labute approximate surface area is 149 Å². The highest BCUT2D eigenvalue weighted by Crippen LogP contribution is 2.32. The minimum Gasteiger partial charge on any atom is -0.324 e. The summed E-state index contributed by atoms with van der Waals surface area (Å²) in [7, 11) is 0. The van der Waals surface area contributed by atoms with Gasteiger partial charge in [0.1, 0.15) is 0 Å². The van der Waals surface area contributed by atoms with Crippen LogP contribution in [0.3, 0.4) is 0 Å². The maximum Gasteiger partial charge on any atom is 0.271 e. The average Bonchev–Trinajstić information content (AvgIpc) is 2.97. The number of aryl methyl sites for hydroxylation is 1. The summed E-state index contributed by atoms with van der Waals surface area (Å²) in [5.41, 5.74) is 2.30. The quantitative estimate of drug-likeness (QED) is 0.527. The van der Waals surface area contributed by atoms with Gasteiger partial charge >= 0.3 is 0 Å². The molecule has 0 aliphatic rings. The molecule has 0 atom stereocenters. The van der Waals surface area contributed by atoms with Crippen LogP contribution in [0.4, 0.5) is 17.3 Å². The summed E-state index contributed by atoms with van der Waals surface area (Å²) in [6.45, 7) is 6.18. The van der Waals surface area contributed by atoms with Crippen molar-refractivity contribution in [1.82, 2.24) is 15.0 Å². The van der Waals surface area contributed by atoms with Gasteiger partial charge in [-0.15, -0.1) is 11.3 Å². The van der Waals surface area contributed by atoms with Crippen molar-refractivity contribution in [3.8, 4) is 10.6 Å². The monoisotopic (exact) mass is 355 g/mol. The second-order valence-corrected chi connectivity index (χ2v) is 6.85. The Morgan fingerprint density at radius 2 is 2.04 bits per heavy atom. The molecule has 0 spiro atoms. The first-order valence-corrected chi connectivity index (χ1v) is 8.58. The van der Waals surface area contributed by atoms with Gasteiger partial charge in [-0.3, -0.25) is 10.1 Å². The third kappa shape index (κ3) is 3.80. The summed E-state index contributed by atoms with van der Waals surface area (Å²) in [6, 6.07) is 8.08. The van der Waals surface area contributed by atoms with E-state index in [0.717, 1.165) is 21.3 Å². The van der Waals surface area contributed by atoms with Gasteiger partial charge < -0.3 is 5.32 Å². The van der Waals surface area contributed by atoms with Crippen LogP contribution in [0.15, 0.2) is 36.5 Å². The average molecular weight is 355 g/mol. The van der Waals surface area contributed by atoms with E-state index in [-0.39, 0.29) is 5.69 Å². The largest absolute Gasteiger partial charge is 0.324 e. The van der Waals surface area contributed by atoms with Gasteiger partial charge in [-0.05, 0) is 19.1 Å². The first-order chi connectivity index (χ1) is 11.9. The summed E-state index contributed by atoms with van der Waals surface area (Å²) >= 11 is 1.62. The fourth-order valence-electron chi connectivity index (χ4n) is 2.27. The van der Waals surface area contributed by atoms with Crippen molar-refractivity contribution >= 4 is 28.7 Å². The fourth-order valence-corrected chi connectivity index (χ4v) is 3.31. The molecule has 2 aromatic heterocycles. The highest BCUT2D eigenvalue weighted by molar-refractivity contribution is 7.15. The minimum atomic E-state index is -0.434. The third-order valence-electron chi connectivity index (χ3n) is 3.51. The summed E-state index contributed by atoms with van der Waals surface area (Å²) in [5.74, 6) is 0.749. The predicted molar refractivity (Wildman–Crippen MR) is 98.3 cm³/mol. The molecular formula is C17H17N5O2S. The Morgan fingerprint density at radius 3 is 2.72 bits per heavy atom. The Balaban J connectivity index is 1.89.